The van der Waals surface area contributed by atoms with Crippen LogP contribution in [0.2, 0.25) is 0 Å². The second-order valence-corrected chi connectivity index (χ2v) is 18.7. The van der Waals surface area contributed by atoms with Crippen LogP contribution >= 0.6 is 33.9 Å². The number of aryl methyl sites for hydroxylation is 1. The Morgan fingerprint density at radius 3 is 1.43 bits per heavy atom. The summed E-state index contributed by atoms with van der Waals surface area (Å²) in [5, 5.41) is 8.66. The van der Waals surface area contributed by atoms with Gasteiger partial charge in [-0.05, 0) is 94.1 Å². The summed E-state index contributed by atoms with van der Waals surface area (Å²) in [7, 11) is 0. The Balaban J connectivity index is 1.30. The maximum absolute atomic E-state index is 14.6. The summed E-state index contributed by atoms with van der Waals surface area (Å²) in [6.07, 6.45) is -10.7. The summed E-state index contributed by atoms with van der Waals surface area (Å²) in [6, 6.07) is 14.2. The van der Waals surface area contributed by atoms with Crippen molar-refractivity contribution < 1.29 is 115 Å². The highest BCUT2D eigenvalue weighted by atomic mass is 127. The van der Waals surface area contributed by atoms with Crippen LogP contribution in [0, 0.1) is 3.57 Å². The SMILES string of the molecule is CCCN(Cc1ccc(CCC(F)(F)C(F)(F)C(F)(F)C(F)(F)C(F)(F)C(F)(F)C(F)(F)C(F)(F)C(F)(F)C(F)(F)F)cc1)N=Nc1ccc(/C=C/c2sc(/C=C/c3ccc(I)cc3)c3c2OCCO3)cc1C(F)(F)F. The van der Waals surface area contributed by atoms with E-state index in [0.717, 1.165) is 50.5 Å². The first-order valence-corrected chi connectivity index (χ1v) is 23.0. The van der Waals surface area contributed by atoms with Crippen molar-refractivity contribution in [1.29, 1.82) is 0 Å². The smallest absolute Gasteiger partial charge is 0.460 e. The summed E-state index contributed by atoms with van der Waals surface area (Å²) in [6.45, 7) is 1.67. The first kappa shape index (κ1) is 61.7. The molecule has 1 aliphatic heterocycles. The van der Waals surface area contributed by atoms with E-state index in [1.165, 1.54) is 29.6 Å². The molecule has 0 N–H and O–H groups in total. The van der Waals surface area contributed by atoms with Gasteiger partial charge in [0.2, 0.25) is 0 Å². The number of thiophene rings is 1. The molecule has 0 fully saturated rings. The molecule has 3 aromatic carbocycles. The number of rotatable bonds is 21. The van der Waals surface area contributed by atoms with Gasteiger partial charge >= 0.3 is 65.7 Å². The predicted molar refractivity (Wildman–Crippen MR) is 234 cm³/mol. The monoisotopic (exact) mass is 1260 g/mol. The summed E-state index contributed by atoms with van der Waals surface area (Å²) in [4.78, 5) is 1.21. The minimum atomic E-state index is -9.26. The minimum Gasteiger partial charge on any atom is -0.485 e. The van der Waals surface area contributed by atoms with Crippen molar-refractivity contribution >= 4 is 63.9 Å². The standard InChI is InChI=1S/C45H32F24IN3O2S/c1-2-19-73(72-71-30-14-9-26(22-29(30)36(48,49)50)11-16-32-34-33(74-20-21-75-34)31(76-32)15-10-24-7-12-28(70)13-8-24)23-27-5-3-25(4-6-27)17-18-35(46,47)37(51,52)38(53,54)39(55,56)40(57,58)41(59,60)42(61,62)43(63,64)44(65,66)45(67,68)69/h3-16,22H,2,17-21,23H2,1H3/b15-10+,16-11+,72-71?. The van der Waals surface area contributed by atoms with Crippen LogP contribution in [-0.4, -0.2) is 84.2 Å². The Morgan fingerprint density at radius 2 is 0.974 bits per heavy atom. The molecule has 4 aromatic rings. The second-order valence-electron chi connectivity index (χ2n) is 16.4. The number of ether oxygens (including phenoxy) is 2. The predicted octanol–water partition coefficient (Wildman–Crippen LogP) is 17.6. The van der Waals surface area contributed by atoms with Crippen LogP contribution in [0.3, 0.4) is 0 Å². The zero-order valence-electron chi connectivity index (χ0n) is 37.6. The third-order valence-corrected chi connectivity index (χ3v) is 12.8. The van der Waals surface area contributed by atoms with Crippen LogP contribution in [0.25, 0.3) is 24.3 Å². The molecule has 2 heterocycles. The van der Waals surface area contributed by atoms with Gasteiger partial charge in [-0.1, -0.05) is 66.8 Å². The van der Waals surface area contributed by atoms with Gasteiger partial charge in [-0.2, -0.15) is 105 Å². The Labute approximate surface area is 430 Å². The Bertz CT molecular complexity index is 2750. The van der Waals surface area contributed by atoms with Crippen molar-refractivity contribution in [2.75, 3.05) is 19.8 Å². The van der Waals surface area contributed by atoms with Gasteiger partial charge in [-0.25, -0.2) is 0 Å². The molecule has 5 nitrogen and oxygen atoms in total. The second kappa shape index (κ2) is 21.6. The highest BCUT2D eigenvalue weighted by Crippen LogP contribution is 2.66. The summed E-state index contributed by atoms with van der Waals surface area (Å²) < 4.78 is 345. The summed E-state index contributed by atoms with van der Waals surface area (Å²) in [5.41, 5.74) is -1.45. The summed E-state index contributed by atoms with van der Waals surface area (Å²) >= 11 is 3.41. The molecule has 0 amide bonds. The fourth-order valence-electron chi connectivity index (χ4n) is 6.70. The van der Waals surface area contributed by atoms with Gasteiger partial charge in [0.15, 0.2) is 11.5 Å². The molecule has 0 saturated heterocycles. The van der Waals surface area contributed by atoms with Crippen LogP contribution in [-0.2, 0) is 19.1 Å². The lowest BCUT2D eigenvalue weighted by atomic mass is 9.85. The molecule has 1 aliphatic rings. The molecule has 420 valence electrons. The van der Waals surface area contributed by atoms with E-state index in [1.54, 1.807) is 13.0 Å². The van der Waals surface area contributed by atoms with Gasteiger partial charge < -0.3 is 9.47 Å². The minimum absolute atomic E-state index is 0.0303. The van der Waals surface area contributed by atoms with Crippen LogP contribution < -0.4 is 9.47 Å². The Kier molecular flexibility index (Phi) is 17.6. The topological polar surface area (TPSA) is 46.4 Å². The number of alkyl halides is 24. The highest BCUT2D eigenvalue weighted by molar-refractivity contribution is 14.1. The largest absolute Gasteiger partial charge is 0.485 e. The molecule has 0 atom stereocenters. The molecule has 1 aromatic heterocycles. The number of benzene rings is 3. The van der Waals surface area contributed by atoms with Crippen LogP contribution in [0.1, 0.15) is 57.3 Å². The van der Waals surface area contributed by atoms with E-state index in [0.29, 0.717) is 21.3 Å². The molecule has 0 spiro atoms. The van der Waals surface area contributed by atoms with E-state index >= 15 is 0 Å². The zero-order chi connectivity index (χ0) is 57.5. The average molecular weight is 1260 g/mol. The maximum atomic E-state index is 14.6. The molecule has 0 unspecified atom stereocenters. The number of hydrogen-bond acceptors (Lipinski definition) is 5. The lowest BCUT2D eigenvalue weighted by Crippen LogP contribution is -2.76. The third kappa shape index (κ3) is 11.5. The maximum Gasteiger partial charge on any atom is 0.460 e. The van der Waals surface area contributed by atoms with Crippen molar-refractivity contribution in [3.63, 3.8) is 0 Å². The third-order valence-electron chi connectivity index (χ3n) is 11.0. The molecular formula is C45H32F24IN3O2S. The molecule has 76 heavy (non-hydrogen) atoms. The van der Waals surface area contributed by atoms with Gasteiger partial charge in [0, 0.05) is 16.5 Å². The summed E-state index contributed by atoms with van der Waals surface area (Å²) in [5.74, 6) is -76.9. The number of hydrogen-bond donors (Lipinski definition) is 0. The highest BCUT2D eigenvalue weighted by Gasteiger charge is 2.97. The lowest BCUT2D eigenvalue weighted by molar-refractivity contribution is -0.474. The zero-order valence-corrected chi connectivity index (χ0v) is 40.6. The quantitative estimate of drug-likeness (QED) is 0.0361. The molecule has 0 bridgehead atoms. The van der Waals surface area contributed by atoms with E-state index in [2.05, 4.69) is 32.9 Å². The molecule has 0 saturated carbocycles. The Morgan fingerprint density at radius 1 is 0.539 bits per heavy atom. The van der Waals surface area contributed by atoms with Crippen molar-refractivity contribution in [3.8, 4) is 11.5 Å². The van der Waals surface area contributed by atoms with Crippen LogP contribution in [0.4, 0.5) is 111 Å². The number of halogens is 25. The van der Waals surface area contributed by atoms with Crippen molar-refractivity contribution in [2.24, 2.45) is 10.3 Å². The van der Waals surface area contributed by atoms with Crippen molar-refractivity contribution in [1.82, 2.24) is 5.01 Å². The normalized spacial score (nSPS) is 15.2. The molecule has 31 heteroatoms. The van der Waals surface area contributed by atoms with E-state index in [4.69, 9.17) is 9.47 Å². The van der Waals surface area contributed by atoms with Gasteiger partial charge in [-0.3, -0.25) is 5.01 Å². The van der Waals surface area contributed by atoms with Gasteiger partial charge in [-0.15, -0.1) is 16.5 Å². The fourth-order valence-corrected chi connectivity index (χ4v) is 8.06. The fraction of sp³-hybridized carbons (Fsp3) is 0.422. The van der Waals surface area contributed by atoms with E-state index in [-0.39, 0.29) is 43.9 Å². The molecule has 0 aliphatic carbocycles. The van der Waals surface area contributed by atoms with Gasteiger partial charge in [0.05, 0.1) is 27.5 Å². The van der Waals surface area contributed by atoms with Gasteiger partial charge in [0.25, 0.3) is 0 Å². The van der Waals surface area contributed by atoms with Crippen LogP contribution in [0.5, 0.6) is 11.5 Å². The van der Waals surface area contributed by atoms with Crippen molar-refractivity contribution in [2.45, 2.75) is 98.4 Å². The average Bonchev–Trinajstić information content (AvgIpc) is 3.68. The lowest BCUT2D eigenvalue weighted by Gasteiger charge is -2.44. The first-order chi connectivity index (χ1) is 34.6. The first-order valence-electron chi connectivity index (χ1n) is 21.1. The number of nitrogens with zero attached hydrogens (tertiary/aromatic N) is 3. The number of fused-ring (bicyclic) bond motifs is 1. The Hall–Kier alpha value is -5.11. The molecular weight excluding hydrogens is 1230 g/mol. The van der Waals surface area contributed by atoms with Gasteiger partial charge in [0.1, 0.15) is 13.2 Å². The van der Waals surface area contributed by atoms with Crippen LogP contribution in [0.15, 0.2) is 77.1 Å². The molecule has 5 rings (SSSR count). The van der Waals surface area contributed by atoms with Crippen molar-refractivity contribution in [3.05, 3.63) is 108 Å². The van der Waals surface area contributed by atoms with E-state index in [9.17, 15) is 105 Å². The van der Waals surface area contributed by atoms with E-state index < -0.39 is 95.3 Å². The van der Waals surface area contributed by atoms with E-state index in [1.807, 2.05) is 30.3 Å². The molecule has 0 radical (unpaired) electrons.